The van der Waals surface area contributed by atoms with E-state index < -0.39 is 0 Å². The molecule has 96 valence electrons. The van der Waals surface area contributed by atoms with Gasteiger partial charge in [0.2, 0.25) is 5.91 Å². The van der Waals surface area contributed by atoms with Gasteiger partial charge in [0.25, 0.3) is 0 Å². The van der Waals surface area contributed by atoms with Gasteiger partial charge in [0.15, 0.2) is 0 Å². The monoisotopic (exact) mass is 228 g/mol. The molecule has 3 nitrogen and oxygen atoms in total. The third-order valence-corrected chi connectivity index (χ3v) is 3.09. The molecule has 2 unspecified atom stereocenters. The predicted molar refractivity (Wildman–Crippen MR) is 69.1 cm³/mol. The quantitative estimate of drug-likeness (QED) is 0.726. The fraction of sp³-hybridized carbons (Fsp3) is 0.923. The average Bonchev–Trinajstić information content (AvgIpc) is 2.22. The molecule has 0 heterocycles. The smallest absolute Gasteiger partial charge is 0.226 e. The first-order valence-corrected chi connectivity index (χ1v) is 6.40. The highest BCUT2D eigenvalue weighted by molar-refractivity contribution is 5.79. The molecule has 0 spiro atoms. The number of hydrogen-bond donors (Lipinski definition) is 1. The molecule has 0 aromatic heterocycles. The van der Waals surface area contributed by atoms with E-state index in [4.69, 9.17) is 5.73 Å². The highest BCUT2D eigenvalue weighted by Crippen LogP contribution is 2.14. The van der Waals surface area contributed by atoms with Gasteiger partial charge < -0.3 is 10.6 Å². The van der Waals surface area contributed by atoms with Gasteiger partial charge >= 0.3 is 0 Å². The molecule has 0 aromatic rings. The number of rotatable bonds is 7. The number of nitrogens with zero attached hydrogens (tertiary/aromatic N) is 1. The van der Waals surface area contributed by atoms with Crippen LogP contribution in [-0.4, -0.2) is 30.4 Å². The molecule has 0 bridgehead atoms. The van der Waals surface area contributed by atoms with E-state index >= 15 is 0 Å². The Morgan fingerprint density at radius 2 is 1.88 bits per heavy atom. The van der Waals surface area contributed by atoms with Crippen LogP contribution in [0.3, 0.4) is 0 Å². The van der Waals surface area contributed by atoms with E-state index in [0.29, 0.717) is 18.5 Å². The first kappa shape index (κ1) is 15.4. The van der Waals surface area contributed by atoms with Gasteiger partial charge in [-0.1, -0.05) is 27.2 Å². The molecule has 0 saturated carbocycles. The average molecular weight is 228 g/mol. The summed E-state index contributed by atoms with van der Waals surface area (Å²) >= 11 is 0. The van der Waals surface area contributed by atoms with Gasteiger partial charge in [-0.25, -0.2) is 0 Å². The van der Waals surface area contributed by atoms with Crippen LogP contribution in [0, 0.1) is 11.8 Å². The molecule has 0 aliphatic rings. The van der Waals surface area contributed by atoms with Crippen LogP contribution < -0.4 is 5.73 Å². The fourth-order valence-electron chi connectivity index (χ4n) is 2.04. The van der Waals surface area contributed by atoms with Gasteiger partial charge in [-0.05, 0) is 25.7 Å². The lowest BCUT2D eigenvalue weighted by atomic mass is 9.99. The van der Waals surface area contributed by atoms with Crippen molar-refractivity contribution in [3.05, 3.63) is 0 Å². The molecule has 0 aliphatic heterocycles. The Hall–Kier alpha value is -0.570. The van der Waals surface area contributed by atoms with Crippen LogP contribution in [0.2, 0.25) is 0 Å². The summed E-state index contributed by atoms with van der Waals surface area (Å²) in [5.74, 6) is 0.829. The molecule has 2 N–H and O–H groups in total. The fourth-order valence-corrected chi connectivity index (χ4v) is 2.04. The highest BCUT2D eigenvalue weighted by Gasteiger charge is 2.23. The van der Waals surface area contributed by atoms with Crippen molar-refractivity contribution < 1.29 is 4.79 Å². The number of carbonyl (C=O) groups is 1. The van der Waals surface area contributed by atoms with Gasteiger partial charge in [-0.15, -0.1) is 0 Å². The van der Waals surface area contributed by atoms with Crippen LogP contribution in [0.4, 0.5) is 0 Å². The molecule has 0 saturated heterocycles. The third kappa shape index (κ3) is 4.97. The van der Waals surface area contributed by atoms with E-state index in [9.17, 15) is 4.79 Å². The number of hydrogen-bond acceptors (Lipinski definition) is 2. The number of amides is 1. The number of nitrogens with two attached hydrogens (primary N) is 1. The molecule has 2 atom stereocenters. The van der Waals surface area contributed by atoms with E-state index in [-0.39, 0.29) is 11.8 Å². The lowest BCUT2D eigenvalue weighted by molar-refractivity contribution is -0.136. The molecule has 16 heavy (non-hydrogen) atoms. The second-order valence-electron chi connectivity index (χ2n) is 5.15. The molecule has 3 heteroatoms. The summed E-state index contributed by atoms with van der Waals surface area (Å²) < 4.78 is 0. The summed E-state index contributed by atoms with van der Waals surface area (Å²) in [5.41, 5.74) is 5.65. The summed E-state index contributed by atoms with van der Waals surface area (Å²) in [7, 11) is 1.90. The van der Waals surface area contributed by atoms with Crippen LogP contribution in [0.25, 0.3) is 0 Å². The molecule has 0 fully saturated rings. The SMILES string of the molecule is CCCC(CN)C(=O)N(C)C(C)CC(C)C. The molecule has 0 aromatic carbocycles. The zero-order valence-corrected chi connectivity index (χ0v) is 11.5. The van der Waals surface area contributed by atoms with Crippen molar-refractivity contribution in [3.8, 4) is 0 Å². The lowest BCUT2D eigenvalue weighted by Crippen LogP contribution is -2.42. The second-order valence-corrected chi connectivity index (χ2v) is 5.15. The van der Waals surface area contributed by atoms with E-state index in [1.165, 1.54) is 0 Å². The first-order valence-electron chi connectivity index (χ1n) is 6.40. The second kappa shape index (κ2) is 7.66. The van der Waals surface area contributed by atoms with Crippen LogP contribution in [0.1, 0.15) is 47.0 Å². The van der Waals surface area contributed by atoms with Gasteiger partial charge in [-0.2, -0.15) is 0 Å². The lowest BCUT2D eigenvalue weighted by Gasteiger charge is -2.29. The maximum absolute atomic E-state index is 12.1. The van der Waals surface area contributed by atoms with Crippen molar-refractivity contribution in [2.45, 2.75) is 53.0 Å². The predicted octanol–water partition coefficient (Wildman–Crippen LogP) is 2.25. The zero-order valence-electron chi connectivity index (χ0n) is 11.5. The summed E-state index contributed by atoms with van der Waals surface area (Å²) in [6.45, 7) is 9.03. The van der Waals surface area contributed by atoms with E-state index in [1.807, 2.05) is 11.9 Å². The van der Waals surface area contributed by atoms with Gasteiger partial charge in [0.05, 0.1) is 5.92 Å². The summed E-state index contributed by atoms with van der Waals surface area (Å²) in [6.07, 6.45) is 2.96. The van der Waals surface area contributed by atoms with Gasteiger partial charge in [-0.3, -0.25) is 4.79 Å². The molecular weight excluding hydrogens is 200 g/mol. The Kier molecular flexibility index (Phi) is 7.39. The van der Waals surface area contributed by atoms with Crippen LogP contribution in [0.15, 0.2) is 0 Å². The minimum absolute atomic E-state index is 0.00427. The van der Waals surface area contributed by atoms with E-state index in [2.05, 4.69) is 27.7 Å². The molecular formula is C13H28N2O. The Bertz CT molecular complexity index is 204. The topological polar surface area (TPSA) is 46.3 Å². The summed E-state index contributed by atoms with van der Waals surface area (Å²) in [4.78, 5) is 14.0. The molecule has 0 rings (SSSR count). The van der Waals surface area contributed by atoms with Crippen molar-refractivity contribution in [1.29, 1.82) is 0 Å². The Morgan fingerprint density at radius 3 is 2.25 bits per heavy atom. The van der Waals surface area contributed by atoms with Crippen molar-refractivity contribution in [2.75, 3.05) is 13.6 Å². The van der Waals surface area contributed by atoms with Crippen molar-refractivity contribution in [2.24, 2.45) is 17.6 Å². The van der Waals surface area contributed by atoms with Crippen LogP contribution >= 0.6 is 0 Å². The zero-order chi connectivity index (χ0) is 12.7. The van der Waals surface area contributed by atoms with Crippen molar-refractivity contribution in [1.82, 2.24) is 4.90 Å². The van der Waals surface area contributed by atoms with Gasteiger partial charge in [0, 0.05) is 19.6 Å². The normalized spacial score (nSPS) is 14.9. The van der Waals surface area contributed by atoms with Crippen molar-refractivity contribution in [3.63, 3.8) is 0 Å². The standard InChI is InChI=1S/C13H28N2O/c1-6-7-12(9-14)13(16)15(5)11(4)8-10(2)3/h10-12H,6-9,14H2,1-5H3. The summed E-state index contributed by atoms with van der Waals surface area (Å²) in [5, 5.41) is 0. The Labute approximate surface area is 100 Å². The maximum Gasteiger partial charge on any atom is 0.226 e. The summed E-state index contributed by atoms with van der Waals surface area (Å²) in [6, 6.07) is 0.304. The largest absolute Gasteiger partial charge is 0.343 e. The van der Waals surface area contributed by atoms with Crippen LogP contribution in [-0.2, 0) is 4.79 Å². The van der Waals surface area contributed by atoms with E-state index in [0.717, 1.165) is 19.3 Å². The molecule has 0 radical (unpaired) electrons. The Balaban J connectivity index is 4.33. The third-order valence-electron chi connectivity index (χ3n) is 3.09. The minimum Gasteiger partial charge on any atom is -0.343 e. The van der Waals surface area contributed by atoms with Crippen LogP contribution in [0.5, 0.6) is 0 Å². The van der Waals surface area contributed by atoms with Gasteiger partial charge in [0.1, 0.15) is 0 Å². The Morgan fingerprint density at radius 1 is 1.31 bits per heavy atom. The first-order chi connectivity index (χ1) is 7.43. The molecule has 1 amide bonds. The maximum atomic E-state index is 12.1. The highest BCUT2D eigenvalue weighted by atomic mass is 16.2. The van der Waals surface area contributed by atoms with E-state index in [1.54, 1.807) is 0 Å². The molecule has 0 aliphatic carbocycles. The van der Waals surface area contributed by atoms with Crippen molar-refractivity contribution >= 4 is 5.91 Å². The number of carbonyl (C=O) groups excluding carboxylic acids is 1. The minimum atomic E-state index is 0.00427.